The van der Waals surface area contributed by atoms with Gasteiger partial charge in [-0.05, 0) is 29.8 Å². The number of rotatable bonds is 9. The molecule has 2 aromatic rings. The van der Waals surface area contributed by atoms with Crippen molar-refractivity contribution in [1.29, 1.82) is 0 Å². The number of nitrogens with one attached hydrogen (secondary N) is 3. The van der Waals surface area contributed by atoms with Crippen molar-refractivity contribution >= 4 is 42.3 Å². The predicted octanol–water partition coefficient (Wildman–Crippen LogP) is 2.03. The Kier molecular flexibility index (Phi) is 12.8. The number of carbonyl (C=O) groups excluding carboxylic acids is 2. The number of ether oxygens (including phenoxy) is 1. The largest absolute Gasteiger partial charge is 0.383 e. The van der Waals surface area contributed by atoms with Crippen molar-refractivity contribution in [3.63, 3.8) is 0 Å². The number of carbonyl (C=O) groups is 2. The minimum absolute atomic E-state index is 0. The molecule has 7 nitrogen and oxygen atoms in total. The van der Waals surface area contributed by atoms with E-state index in [0.717, 1.165) is 5.56 Å². The quantitative estimate of drug-likeness (QED) is 0.545. The van der Waals surface area contributed by atoms with E-state index in [1.54, 1.807) is 43.8 Å². The summed E-state index contributed by atoms with van der Waals surface area (Å²) < 4.78 is 4.89. The lowest BCUT2D eigenvalue weighted by atomic mass is 10.1. The van der Waals surface area contributed by atoms with Crippen molar-refractivity contribution < 1.29 is 14.3 Å². The van der Waals surface area contributed by atoms with Crippen LogP contribution < -0.4 is 16.0 Å². The maximum absolute atomic E-state index is 12.1. The molecule has 2 rings (SSSR count). The minimum atomic E-state index is -0.191. The fourth-order valence-electron chi connectivity index (χ4n) is 2.05. The number of hydrogen-bond donors (Lipinski definition) is 3. The molecule has 0 aliphatic heterocycles. The van der Waals surface area contributed by atoms with Crippen molar-refractivity contribution in [1.82, 2.24) is 15.6 Å². The lowest BCUT2D eigenvalue weighted by Crippen LogP contribution is -2.34. The molecule has 2 amide bonds. The fourth-order valence-corrected chi connectivity index (χ4v) is 2.05. The Hall–Kier alpha value is -2.19. The minimum Gasteiger partial charge on any atom is -0.383 e. The van der Waals surface area contributed by atoms with Gasteiger partial charge in [-0.15, -0.1) is 24.8 Å². The summed E-state index contributed by atoms with van der Waals surface area (Å²) in [5.74, 6) is -0.278. The molecule has 0 bridgehead atoms. The van der Waals surface area contributed by atoms with Crippen LogP contribution in [0.4, 0.5) is 5.69 Å². The van der Waals surface area contributed by atoms with Crippen molar-refractivity contribution in [2.24, 2.45) is 0 Å². The van der Waals surface area contributed by atoms with E-state index in [1.165, 1.54) is 0 Å². The molecule has 1 aromatic carbocycles. The van der Waals surface area contributed by atoms with Crippen LogP contribution in [0.1, 0.15) is 15.9 Å². The van der Waals surface area contributed by atoms with Gasteiger partial charge < -0.3 is 20.7 Å². The third kappa shape index (κ3) is 9.35. The van der Waals surface area contributed by atoms with E-state index in [-0.39, 0.29) is 43.2 Å². The Labute approximate surface area is 171 Å². The van der Waals surface area contributed by atoms with E-state index in [4.69, 9.17) is 4.74 Å². The molecule has 9 heteroatoms. The van der Waals surface area contributed by atoms with E-state index in [9.17, 15) is 9.59 Å². The molecule has 0 radical (unpaired) electrons. The lowest BCUT2D eigenvalue weighted by Gasteiger charge is -2.08. The molecule has 0 aliphatic rings. The van der Waals surface area contributed by atoms with Crippen LogP contribution >= 0.6 is 24.8 Å². The first kappa shape index (κ1) is 24.8. The molecule has 0 aliphatic carbocycles. The summed E-state index contributed by atoms with van der Waals surface area (Å²) in [6, 6.07) is 10.6. The van der Waals surface area contributed by atoms with Crippen LogP contribution in [0.2, 0.25) is 0 Å². The monoisotopic (exact) mass is 414 g/mol. The van der Waals surface area contributed by atoms with Gasteiger partial charge in [-0.3, -0.25) is 14.6 Å². The van der Waals surface area contributed by atoms with Crippen LogP contribution in [0.5, 0.6) is 0 Å². The number of amides is 2. The Morgan fingerprint density at radius 1 is 1.04 bits per heavy atom. The molecule has 1 aromatic heterocycles. The molecular weight excluding hydrogens is 391 g/mol. The van der Waals surface area contributed by atoms with Crippen molar-refractivity contribution in [3.8, 4) is 0 Å². The summed E-state index contributed by atoms with van der Waals surface area (Å²) in [7, 11) is 1.61. The highest BCUT2D eigenvalue weighted by Gasteiger charge is 2.06. The van der Waals surface area contributed by atoms with Gasteiger partial charge in [-0.25, -0.2) is 0 Å². The van der Waals surface area contributed by atoms with E-state index in [0.29, 0.717) is 30.9 Å². The molecule has 27 heavy (non-hydrogen) atoms. The lowest BCUT2D eigenvalue weighted by molar-refractivity contribution is -0.120. The van der Waals surface area contributed by atoms with Gasteiger partial charge in [-0.2, -0.15) is 0 Å². The number of methoxy groups -OCH3 is 1. The predicted molar refractivity (Wildman–Crippen MR) is 110 cm³/mol. The summed E-state index contributed by atoms with van der Waals surface area (Å²) in [6.45, 7) is 1.86. The number of nitrogens with zero attached hydrogens (tertiary/aromatic N) is 1. The number of anilines is 1. The molecule has 0 spiro atoms. The molecule has 1 heterocycles. The topological polar surface area (TPSA) is 92.4 Å². The molecule has 3 N–H and O–H groups in total. The Morgan fingerprint density at radius 2 is 1.70 bits per heavy atom. The molecule has 0 atom stereocenters. The zero-order valence-electron chi connectivity index (χ0n) is 14.9. The summed E-state index contributed by atoms with van der Waals surface area (Å²) in [6.07, 6.45) is 3.23. The summed E-state index contributed by atoms with van der Waals surface area (Å²) in [5, 5.41) is 8.58. The Bertz CT molecular complexity index is 685. The van der Waals surface area contributed by atoms with Gasteiger partial charge in [0, 0.05) is 43.8 Å². The van der Waals surface area contributed by atoms with Crippen molar-refractivity contribution in [3.05, 3.63) is 59.9 Å². The van der Waals surface area contributed by atoms with Gasteiger partial charge in [0.15, 0.2) is 0 Å². The number of benzene rings is 1. The average molecular weight is 415 g/mol. The molecule has 0 fully saturated rings. The highest BCUT2D eigenvalue weighted by Crippen LogP contribution is 2.09. The van der Waals surface area contributed by atoms with E-state index in [2.05, 4.69) is 20.9 Å². The number of pyridine rings is 1. The third-order valence-corrected chi connectivity index (χ3v) is 3.41. The van der Waals surface area contributed by atoms with Crippen LogP contribution in [0.25, 0.3) is 0 Å². The molecule has 0 saturated carbocycles. The third-order valence-electron chi connectivity index (χ3n) is 3.41. The second-order valence-corrected chi connectivity index (χ2v) is 5.33. The number of halogens is 2. The van der Waals surface area contributed by atoms with Crippen LogP contribution in [-0.2, 0) is 16.1 Å². The maximum Gasteiger partial charge on any atom is 0.255 e. The van der Waals surface area contributed by atoms with Crippen molar-refractivity contribution in [2.75, 3.05) is 32.1 Å². The zero-order chi connectivity index (χ0) is 17.9. The number of hydrogen-bond acceptors (Lipinski definition) is 5. The van der Waals surface area contributed by atoms with Crippen LogP contribution in [0.3, 0.4) is 0 Å². The van der Waals surface area contributed by atoms with Crippen molar-refractivity contribution in [2.45, 2.75) is 6.54 Å². The first-order chi connectivity index (χ1) is 12.2. The van der Waals surface area contributed by atoms with Gasteiger partial charge in [0.05, 0.1) is 13.2 Å². The van der Waals surface area contributed by atoms with E-state index >= 15 is 0 Å². The Balaban J connectivity index is 0.00000338. The standard InChI is InChI=1S/C18H22N4O3.2ClH/c1-25-11-10-20-13-17(23)21-12-14-2-4-15(5-3-14)18(24)22-16-6-8-19-9-7-16;;/h2-9,20H,10-13H2,1H3,(H,21,23)(H,19,22,24);2*1H. The molecule has 148 valence electrons. The van der Waals surface area contributed by atoms with Gasteiger partial charge in [0.25, 0.3) is 5.91 Å². The van der Waals surface area contributed by atoms with Gasteiger partial charge in [-0.1, -0.05) is 12.1 Å². The maximum atomic E-state index is 12.1. The fraction of sp³-hybridized carbons (Fsp3) is 0.278. The first-order valence-electron chi connectivity index (χ1n) is 7.95. The highest BCUT2D eigenvalue weighted by molar-refractivity contribution is 6.04. The summed E-state index contributed by atoms with van der Waals surface area (Å²) in [5.41, 5.74) is 2.16. The van der Waals surface area contributed by atoms with Crippen LogP contribution in [0, 0.1) is 0 Å². The van der Waals surface area contributed by atoms with Gasteiger partial charge in [0.2, 0.25) is 5.91 Å². The smallest absolute Gasteiger partial charge is 0.255 e. The normalized spacial score (nSPS) is 9.52. The second-order valence-electron chi connectivity index (χ2n) is 5.33. The van der Waals surface area contributed by atoms with Crippen LogP contribution in [-0.4, -0.2) is 43.6 Å². The van der Waals surface area contributed by atoms with Gasteiger partial charge >= 0.3 is 0 Å². The van der Waals surface area contributed by atoms with E-state index in [1.807, 2.05) is 12.1 Å². The molecular formula is C18H24Cl2N4O3. The molecule has 0 saturated heterocycles. The van der Waals surface area contributed by atoms with Gasteiger partial charge in [0.1, 0.15) is 0 Å². The number of aromatic nitrogens is 1. The summed E-state index contributed by atoms with van der Waals surface area (Å²) >= 11 is 0. The zero-order valence-corrected chi connectivity index (χ0v) is 16.6. The summed E-state index contributed by atoms with van der Waals surface area (Å²) in [4.78, 5) is 27.7. The van der Waals surface area contributed by atoms with Crippen LogP contribution in [0.15, 0.2) is 48.8 Å². The Morgan fingerprint density at radius 3 is 2.33 bits per heavy atom. The second kappa shape index (κ2) is 13.9. The molecule has 0 unspecified atom stereocenters. The van der Waals surface area contributed by atoms with E-state index < -0.39 is 0 Å². The average Bonchev–Trinajstić information content (AvgIpc) is 2.65. The SMILES string of the molecule is COCCNCC(=O)NCc1ccc(C(=O)Nc2ccncc2)cc1.Cl.Cl. The highest BCUT2D eigenvalue weighted by atomic mass is 35.5. The first-order valence-corrected chi connectivity index (χ1v) is 7.95.